The Hall–Kier alpha value is -1.13. The van der Waals surface area contributed by atoms with Crippen molar-refractivity contribution in [2.45, 2.75) is 25.8 Å². The van der Waals surface area contributed by atoms with E-state index in [1.54, 1.807) is 0 Å². The molecule has 0 radical (unpaired) electrons. The molecule has 1 aromatic rings. The molecular weight excluding hydrogens is 142 g/mol. The van der Waals surface area contributed by atoms with Crippen molar-refractivity contribution in [3.63, 3.8) is 0 Å². The standard InChI is InChI=1S/C6H11N5/c1-2-11(5-3-4-5)6-7-9-10-8-6/h5H,2-4H2,1H3,(H,7,8,9,10). The van der Waals surface area contributed by atoms with Gasteiger partial charge in [0.2, 0.25) is 0 Å². The number of aromatic nitrogens is 4. The van der Waals surface area contributed by atoms with Crippen molar-refractivity contribution in [2.24, 2.45) is 0 Å². The first-order valence-electron chi connectivity index (χ1n) is 3.92. The van der Waals surface area contributed by atoms with Gasteiger partial charge in [-0.1, -0.05) is 5.10 Å². The second-order valence-electron chi connectivity index (χ2n) is 2.73. The van der Waals surface area contributed by atoms with Gasteiger partial charge in [0.15, 0.2) is 0 Å². The van der Waals surface area contributed by atoms with Crippen LogP contribution in [0.15, 0.2) is 0 Å². The molecule has 1 aromatic heterocycles. The normalized spacial score (nSPS) is 16.8. The van der Waals surface area contributed by atoms with Gasteiger partial charge >= 0.3 is 0 Å². The highest BCUT2D eigenvalue weighted by Crippen LogP contribution is 2.28. The van der Waals surface area contributed by atoms with Crippen molar-refractivity contribution in [1.82, 2.24) is 20.6 Å². The molecule has 60 valence electrons. The van der Waals surface area contributed by atoms with Gasteiger partial charge in [-0.05, 0) is 25.0 Å². The molecule has 1 heterocycles. The van der Waals surface area contributed by atoms with Gasteiger partial charge in [0.05, 0.1) is 0 Å². The van der Waals surface area contributed by atoms with Crippen LogP contribution in [0.5, 0.6) is 0 Å². The summed E-state index contributed by atoms with van der Waals surface area (Å²) in [6, 6.07) is 0.664. The molecule has 11 heavy (non-hydrogen) atoms. The molecule has 0 atom stereocenters. The topological polar surface area (TPSA) is 57.7 Å². The highest BCUT2D eigenvalue weighted by atomic mass is 15.5. The lowest BCUT2D eigenvalue weighted by Gasteiger charge is -2.16. The Balaban J connectivity index is 2.11. The number of hydrogen-bond acceptors (Lipinski definition) is 4. The minimum absolute atomic E-state index is 0.664. The zero-order valence-corrected chi connectivity index (χ0v) is 6.49. The van der Waals surface area contributed by atoms with Crippen LogP contribution in [0.1, 0.15) is 19.8 Å². The van der Waals surface area contributed by atoms with Gasteiger partial charge in [0.25, 0.3) is 5.95 Å². The smallest absolute Gasteiger partial charge is 0.266 e. The van der Waals surface area contributed by atoms with E-state index in [0.29, 0.717) is 6.04 Å². The molecule has 1 N–H and O–H groups in total. The van der Waals surface area contributed by atoms with Crippen LogP contribution in [-0.4, -0.2) is 33.2 Å². The lowest BCUT2D eigenvalue weighted by Crippen LogP contribution is -2.26. The molecule has 0 unspecified atom stereocenters. The maximum atomic E-state index is 3.93. The Morgan fingerprint density at radius 1 is 1.64 bits per heavy atom. The van der Waals surface area contributed by atoms with Crippen LogP contribution in [-0.2, 0) is 0 Å². The third-order valence-corrected chi connectivity index (χ3v) is 1.92. The van der Waals surface area contributed by atoms with E-state index in [-0.39, 0.29) is 0 Å². The Morgan fingerprint density at radius 3 is 2.91 bits per heavy atom. The largest absolute Gasteiger partial charge is 0.336 e. The van der Waals surface area contributed by atoms with Crippen molar-refractivity contribution in [3.05, 3.63) is 0 Å². The lowest BCUT2D eigenvalue weighted by atomic mass is 10.5. The van der Waals surface area contributed by atoms with Crippen LogP contribution in [0.25, 0.3) is 0 Å². The van der Waals surface area contributed by atoms with Crippen LogP contribution in [0.2, 0.25) is 0 Å². The van der Waals surface area contributed by atoms with Crippen molar-refractivity contribution < 1.29 is 0 Å². The fraction of sp³-hybridized carbons (Fsp3) is 0.833. The third-order valence-electron chi connectivity index (χ3n) is 1.92. The van der Waals surface area contributed by atoms with Gasteiger partial charge in [-0.3, -0.25) is 0 Å². The van der Waals surface area contributed by atoms with Gasteiger partial charge < -0.3 is 4.90 Å². The average molecular weight is 153 g/mol. The van der Waals surface area contributed by atoms with E-state index in [0.717, 1.165) is 12.5 Å². The quantitative estimate of drug-likeness (QED) is 0.673. The van der Waals surface area contributed by atoms with Crippen LogP contribution < -0.4 is 4.90 Å². The minimum atomic E-state index is 0.664. The number of aromatic amines is 1. The van der Waals surface area contributed by atoms with Crippen LogP contribution in [0.3, 0.4) is 0 Å². The first kappa shape index (κ1) is 6.57. The molecule has 0 saturated heterocycles. The molecule has 0 aromatic carbocycles. The summed E-state index contributed by atoms with van der Waals surface area (Å²) in [6.07, 6.45) is 2.53. The maximum Gasteiger partial charge on any atom is 0.266 e. The second-order valence-corrected chi connectivity index (χ2v) is 2.73. The molecule has 5 nitrogen and oxygen atoms in total. The zero-order valence-electron chi connectivity index (χ0n) is 6.49. The highest BCUT2D eigenvalue weighted by molar-refractivity contribution is 5.30. The van der Waals surface area contributed by atoms with Gasteiger partial charge in [-0.15, -0.1) is 5.10 Å². The summed E-state index contributed by atoms with van der Waals surface area (Å²) >= 11 is 0. The molecule has 0 spiro atoms. The summed E-state index contributed by atoms with van der Waals surface area (Å²) in [5.74, 6) is 0.731. The predicted octanol–water partition coefficient (Wildman–Crippen LogP) is 0.188. The lowest BCUT2D eigenvalue weighted by molar-refractivity contribution is 0.789. The van der Waals surface area contributed by atoms with Crippen molar-refractivity contribution in [2.75, 3.05) is 11.4 Å². The summed E-state index contributed by atoms with van der Waals surface area (Å²) in [7, 11) is 0. The molecule has 1 saturated carbocycles. The molecule has 1 aliphatic rings. The highest BCUT2D eigenvalue weighted by Gasteiger charge is 2.30. The first-order chi connectivity index (χ1) is 5.42. The molecule has 1 aliphatic carbocycles. The molecular formula is C6H11N5. The fourth-order valence-corrected chi connectivity index (χ4v) is 1.23. The van der Waals surface area contributed by atoms with Crippen molar-refractivity contribution in [3.8, 4) is 0 Å². The Kier molecular flexibility index (Phi) is 1.48. The van der Waals surface area contributed by atoms with Crippen LogP contribution in [0.4, 0.5) is 5.95 Å². The van der Waals surface area contributed by atoms with E-state index >= 15 is 0 Å². The Labute approximate surface area is 64.8 Å². The molecule has 2 rings (SSSR count). The molecule has 0 aliphatic heterocycles. The minimum Gasteiger partial charge on any atom is -0.336 e. The van der Waals surface area contributed by atoms with Crippen molar-refractivity contribution >= 4 is 5.95 Å². The number of nitrogens with one attached hydrogen (secondary N) is 1. The summed E-state index contributed by atoms with van der Waals surface area (Å²) in [4.78, 5) is 2.17. The fourth-order valence-electron chi connectivity index (χ4n) is 1.23. The summed E-state index contributed by atoms with van der Waals surface area (Å²) in [5.41, 5.74) is 0. The van der Waals surface area contributed by atoms with Crippen molar-refractivity contribution in [1.29, 1.82) is 0 Å². The van der Waals surface area contributed by atoms with Gasteiger partial charge in [-0.25, -0.2) is 0 Å². The summed E-state index contributed by atoms with van der Waals surface area (Å²) < 4.78 is 0. The number of rotatable bonds is 3. The first-order valence-corrected chi connectivity index (χ1v) is 3.92. The average Bonchev–Trinajstić information content (AvgIpc) is 2.68. The molecule has 0 bridgehead atoms. The van der Waals surface area contributed by atoms with Gasteiger partial charge in [0.1, 0.15) is 0 Å². The van der Waals surface area contributed by atoms with E-state index in [1.165, 1.54) is 12.8 Å². The van der Waals surface area contributed by atoms with Crippen LogP contribution >= 0.6 is 0 Å². The monoisotopic (exact) mass is 153 g/mol. The van der Waals surface area contributed by atoms with E-state index in [2.05, 4.69) is 32.4 Å². The predicted molar refractivity (Wildman–Crippen MR) is 40.2 cm³/mol. The third kappa shape index (κ3) is 1.18. The SMILES string of the molecule is CCN(c1nn[nH]n1)C1CC1. The van der Waals surface area contributed by atoms with E-state index in [1.807, 2.05) is 0 Å². The molecule has 0 amide bonds. The van der Waals surface area contributed by atoms with Gasteiger partial charge in [0, 0.05) is 12.6 Å². The van der Waals surface area contributed by atoms with Gasteiger partial charge in [-0.2, -0.15) is 5.21 Å². The van der Waals surface area contributed by atoms with E-state index in [4.69, 9.17) is 0 Å². The van der Waals surface area contributed by atoms with E-state index < -0.39 is 0 Å². The maximum absolute atomic E-state index is 3.93. The summed E-state index contributed by atoms with van der Waals surface area (Å²) in [6.45, 7) is 3.07. The number of tetrazole rings is 1. The molecule has 1 fully saturated rings. The Bertz CT molecular complexity index is 215. The summed E-state index contributed by atoms with van der Waals surface area (Å²) in [5, 5.41) is 13.8. The number of hydrogen-bond donors (Lipinski definition) is 1. The second kappa shape index (κ2) is 2.48. The number of H-pyrrole nitrogens is 1. The Morgan fingerprint density at radius 2 is 2.45 bits per heavy atom. The number of nitrogens with zero attached hydrogens (tertiary/aromatic N) is 4. The molecule has 5 heteroatoms. The zero-order chi connectivity index (χ0) is 7.68. The van der Waals surface area contributed by atoms with E-state index in [9.17, 15) is 0 Å². The number of anilines is 1. The van der Waals surface area contributed by atoms with Crippen LogP contribution in [0, 0.1) is 0 Å².